The molecule has 0 aliphatic carbocycles. The Labute approximate surface area is 134 Å². The lowest BCUT2D eigenvalue weighted by Crippen LogP contribution is -2.18. The van der Waals surface area contributed by atoms with Crippen molar-refractivity contribution in [2.45, 2.75) is 32.9 Å². The van der Waals surface area contributed by atoms with E-state index in [1.54, 1.807) is 4.68 Å². The van der Waals surface area contributed by atoms with Gasteiger partial charge in [-0.25, -0.2) is 0 Å². The first kappa shape index (κ1) is 16.1. The first-order valence-corrected chi connectivity index (χ1v) is 7.49. The monoisotopic (exact) mass is 327 g/mol. The molecule has 2 N–H and O–H groups in total. The third-order valence-corrected chi connectivity index (χ3v) is 4.07. The van der Waals surface area contributed by atoms with Crippen molar-refractivity contribution < 1.29 is 4.74 Å². The van der Waals surface area contributed by atoms with E-state index >= 15 is 0 Å². The molecular weight excluding hydrogens is 309 g/mol. The van der Waals surface area contributed by atoms with Gasteiger partial charge < -0.3 is 10.5 Å². The van der Waals surface area contributed by atoms with Crippen LogP contribution in [0.5, 0.6) is 5.75 Å². The van der Waals surface area contributed by atoms with Crippen LogP contribution in [0, 0.1) is 6.92 Å². The Morgan fingerprint density at radius 2 is 2.10 bits per heavy atom. The van der Waals surface area contributed by atoms with Gasteiger partial charge >= 0.3 is 0 Å². The number of hydrogen-bond acceptors (Lipinski definition) is 3. The molecule has 0 amide bonds. The highest BCUT2D eigenvalue weighted by molar-refractivity contribution is 6.32. The molecule has 0 fully saturated rings. The zero-order chi connectivity index (χ0) is 15.6. The second kappa shape index (κ2) is 6.69. The van der Waals surface area contributed by atoms with Gasteiger partial charge in [-0.1, -0.05) is 29.3 Å². The number of aryl methyl sites for hydroxylation is 2. The number of ether oxygens (including phenoxy) is 1. The van der Waals surface area contributed by atoms with E-state index in [0.717, 1.165) is 22.7 Å². The van der Waals surface area contributed by atoms with E-state index in [9.17, 15) is 0 Å². The normalized spacial score (nSPS) is 12.5. The number of rotatable bonds is 5. The topological polar surface area (TPSA) is 53.1 Å². The van der Waals surface area contributed by atoms with E-state index in [2.05, 4.69) is 5.10 Å². The molecule has 0 saturated carbocycles. The van der Waals surface area contributed by atoms with Gasteiger partial charge in [-0.15, -0.1) is 0 Å². The molecule has 4 nitrogen and oxygen atoms in total. The molecule has 1 aromatic carbocycles. The molecule has 0 spiro atoms. The summed E-state index contributed by atoms with van der Waals surface area (Å²) in [6, 6.07) is 5.60. The van der Waals surface area contributed by atoms with Crippen LogP contribution < -0.4 is 10.5 Å². The van der Waals surface area contributed by atoms with Gasteiger partial charge in [-0.05, 0) is 32.4 Å². The summed E-state index contributed by atoms with van der Waals surface area (Å²) in [4.78, 5) is 0. The summed E-state index contributed by atoms with van der Waals surface area (Å²) in [5.74, 6) is 0.731. The number of halogens is 2. The molecule has 0 saturated heterocycles. The average Bonchev–Trinajstić information content (AvgIpc) is 2.64. The highest BCUT2D eigenvalue weighted by Gasteiger charge is 2.14. The van der Waals surface area contributed by atoms with Gasteiger partial charge in [0.1, 0.15) is 12.4 Å². The maximum absolute atomic E-state index is 6.24. The van der Waals surface area contributed by atoms with Crippen molar-refractivity contribution >= 4 is 23.2 Å². The summed E-state index contributed by atoms with van der Waals surface area (Å²) in [5, 5.41) is 5.57. The van der Waals surface area contributed by atoms with Gasteiger partial charge in [0.05, 0.1) is 16.4 Å². The summed E-state index contributed by atoms with van der Waals surface area (Å²) in [6.07, 6.45) is 0.660. The molecule has 0 bridgehead atoms. The highest BCUT2D eigenvalue weighted by atomic mass is 35.5. The van der Waals surface area contributed by atoms with Crippen molar-refractivity contribution in [2.75, 3.05) is 0 Å². The number of aromatic nitrogens is 2. The van der Waals surface area contributed by atoms with Crippen molar-refractivity contribution in [1.82, 2.24) is 9.78 Å². The van der Waals surface area contributed by atoms with Gasteiger partial charge in [0.2, 0.25) is 0 Å². The highest BCUT2D eigenvalue weighted by Crippen LogP contribution is 2.29. The first-order valence-electron chi connectivity index (χ1n) is 6.74. The number of nitrogens with two attached hydrogens (primary N) is 1. The van der Waals surface area contributed by atoms with Crippen LogP contribution in [0.3, 0.4) is 0 Å². The van der Waals surface area contributed by atoms with Crippen molar-refractivity contribution in [1.29, 1.82) is 0 Å². The van der Waals surface area contributed by atoms with Crippen LogP contribution in [-0.2, 0) is 20.1 Å². The first-order chi connectivity index (χ1) is 9.90. The molecule has 2 rings (SSSR count). The van der Waals surface area contributed by atoms with E-state index < -0.39 is 0 Å². The van der Waals surface area contributed by atoms with Gasteiger partial charge in [-0.2, -0.15) is 5.10 Å². The zero-order valence-electron chi connectivity index (χ0n) is 12.4. The Morgan fingerprint density at radius 3 is 2.67 bits per heavy atom. The predicted octanol–water partition coefficient (Wildman–Crippen LogP) is 3.50. The maximum Gasteiger partial charge on any atom is 0.131 e. The molecule has 6 heteroatoms. The van der Waals surface area contributed by atoms with E-state index in [1.807, 2.05) is 39.1 Å². The summed E-state index contributed by atoms with van der Waals surface area (Å²) in [7, 11) is 1.85. The predicted molar refractivity (Wildman–Crippen MR) is 86.1 cm³/mol. The van der Waals surface area contributed by atoms with Gasteiger partial charge in [0.15, 0.2) is 0 Å². The Kier molecular flexibility index (Phi) is 5.14. The second-order valence-corrected chi connectivity index (χ2v) is 5.94. The minimum atomic E-state index is 0.00906. The van der Waals surface area contributed by atoms with Crippen LogP contribution in [0.2, 0.25) is 10.0 Å². The van der Waals surface area contributed by atoms with Gasteiger partial charge in [-0.3, -0.25) is 4.68 Å². The number of hydrogen-bond donors (Lipinski definition) is 1. The molecule has 114 valence electrons. The van der Waals surface area contributed by atoms with Crippen molar-refractivity contribution in [2.24, 2.45) is 12.8 Å². The number of nitrogens with zero attached hydrogens (tertiary/aromatic N) is 2. The molecule has 1 aromatic heterocycles. The maximum atomic E-state index is 6.24. The molecule has 0 radical (unpaired) electrons. The average molecular weight is 328 g/mol. The van der Waals surface area contributed by atoms with Gasteiger partial charge in [0.25, 0.3) is 0 Å². The molecule has 0 aliphatic rings. The fourth-order valence-electron chi connectivity index (χ4n) is 2.18. The standard InChI is InChI=1S/C15H19Cl2N3O/c1-9(18)7-11-12(16)5-4-6-14(11)21-8-13-15(17)10(2)19-20(13)3/h4-6,9H,7-8,18H2,1-3H3. The second-order valence-electron chi connectivity index (χ2n) is 5.16. The SMILES string of the molecule is Cc1nn(C)c(COc2cccc(Cl)c2CC(C)N)c1Cl. The molecule has 2 aromatic rings. The third-order valence-electron chi connectivity index (χ3n) is 3.23. The fourth-order valence-corrected chi connectivity index (χ4v) is 2.63. The van der Waals surface area contributed by atoms with Crippen LogP contribution in [-0.4, -0.2) is 15.8 Å². The number of benzene rings is 1. The van der Waals surface area contributed by atoms with E-state index in [-0.39, 0.29) is 6.04 Å². The van der Waals surface area contributed by atoms with Crippen LogP contribution >= 0.6 is 23.2 Å². The smallest absolute Gasteiger partial charge is 0.131 e. The minimum Gasteiger partial charge on any atom is -0.487 e. The molecule has 0 aliphatic heterocycles. The minimum absolute atomic E-state index is 0.00906. The summed E-state index contributed by atoms with van der Waals surface area (Å²) in [5.41, 5.74) is 8.42. The zero-order valence-corrected chi connectivity index (χ0v) is 13.9. The lowest BCUT2D eigenvalue weighted by Gasteiger charge is -2.14. The molecule has 21 heavy (non-hydrogen) atoms. The van der Waals surface area contributed by atoms with E-state index in [4.69, 9.17) is 33.7 Å². The molecule has 1 atom stereocenters. The molecule has 1 unspecified atom stereocenters. The lowest BCUT2D eigenvalue weighted by molar-refractivity contribution is 0.291. The van der Waals surface area contributed by atoms with Crippen LogP contribution in [0.4, 0.5) is 0 Å². The molecular formula is C15H19Cl2N3O. The Morgan fingerprint density at radius 1 is 1.38 bits per heavy atom. The van der Waals surface area contributed by atoms with Crippen LogP contribution in [0.25, 0.3) is 0 Å². The largest absolute Gasteiger partial charge is 0.487 e. The van der Waals surface area contributed by atoms with E-state index in [0.29, 0.717) is 23.1 Å². The lowest BCUT2D eigenvalue weighted by atomic mass is 10.1. The van der Waals surface area contributed by atoms with Crippen LogP contribution in [0.15, 0.2) is 18.2 Å². The van der Waals surface area contributed by atoms with Crippen molar-refractivity contribution in [3.8, 4) is 5.75 Å². The summed E-state index contributed by atoms with van der Waals surface area (Å²) < 4.78 is 7.62. The molecule has 1 heterocycles. The third kappa shape index (κ3) is 3.70. The Bertz CT molecular complexity index is 638. The Hall–Kier alpha value is -1.23. The van der Waals surface area contributed by atoms with Crippen molar-refractivity contribution in [3.05, 3.63) is 45.2 Å². The van der Waals surface area contributed by atoms with E-state index in [1.165, 1.54) is 0 Å². The Balaban J connectivity index is 2.22. The van der Waals surface area contributed by atoms with Gasteiger partial charge in [0, 0.05) is 23.7 Å². The van der Waals surface area contributed by atoms with Crippen LogP contribution in [0.1, 0.15) is 23.9 Å². The summed E-state index contributed by atoms with van der Waals surface area (Å²) in [6.45, 7) is 4.14. The van der Waals surface area contributed by atoms with Crippen molar-refractivity contribution in [3.63, 3.8) is 0 Å². The summed E-state index contributed by atoms with van der Waals surface area (Å²) >= 11 is 12.5. The fraction of sp³-hybridized carbons (Fsp3) is 0.400. The quantitative estimate of drug-likeness (QED) is 0.914.